The lowest BCUT2D eigenvalue weighted by Crippen LogP contribution is -2.33. The van der Waals surface area contributed by atoms with Crippen LogP contribution in [0, 0.1) is 0 Å². The second-order valence-corrected chi connectivity index (χ2v) is 7.44. The van der Waals surface area contributed by atoms with E-state index in [1.165, 1.54) is 108 Å². The second kappa shape index (κ2) is 15.7. The van der Waals surface area contributed by atoms with Gasteiger partial charge >= 0.3 is 0 Å². The van der Waals surface area contributed by atoms with E-state index in [-0.39, 0.29) is 0 Å². The molecule has 1 rings (SSSR count). The van der Waals surface area contributed by atoms with Gasteiger partial charge in [-0.1, -0.05) is 84.5 Å². The Kier molecular flexibility index (Phi) is 13.8. The summed E-state index contributed by atoms with van der Waals surface area (Å²) < 4.78 is 2.38. The molecule has 1 nitrogen and oxygen atoms in total. The molecule has 1 aromatic rings. The fraction of sp³-hybridized carbons (Fsp3) is 0.783. The van der Waals surface area contributed by atoms with Crippen molar-refractivity contribution in [3.05, 3.63) is 30.1 Å². The maximum atomic E-state index is 2.38. The number of unbranched alkanes of at least 4 members (excludes halogenated alkanes) is 12. The maximum absolute atomic E-state index is 2.38. The van der Waals surface area contributed by atoms with Crippen LogP contribution in [0.4, 0.5) is 0 Å². The Morgan fingerprint density at radius 2 is 1.21 bits per heavy atom. The normalized spacial score (nSPS) is 11.1. The van der Waals surface area contributed by atoms with Gasteiger partial charge in [-0.2, -0.15) is 0 Å². The van der Waals surface area contributed by atoms with E-state index in [9.17, 15) is 0 Å². The highest BCUT2D eigenvalue weighted by Gasteiger charge is 2.02. The standard InChI is InChI=1S/C23H42N/c1-3-5-7-8-9-10-11-12-13-14-15-18-23-19-17-21-24(22-23)20-16-6-4-2/h17,19,21-22H,3-16,18,20H2,1-2H3/q+1. The summed E-state index contributed by atoms with van der Waals surface area (Å²) in [6.45, 7) is 5.74. The first kappa shape index (κ1) is 21.2. The van der Waals surface area contributed by atoms with Crippen LogP contribution in [0.25, 0.3) is 0 Å². The SMILES string of the molecule is CCCCCCCCCCCCCc1ccc[n+](CCCCC)c1. The number of pyridine rings is 1. The largest absolute Gasteiger partial charge is 0.205 e. The fourth-order valence-electron chi connectivity index (χ4n) is 3.40. The van der Waals surface area contributed by atoms with Gasteiger partial charge in [-0.25, -0.2) is 4.57 Å². The van der Waals surface area contributed by atoms with Crippen molar-refractivity contribution in [1.29, 1.82) is 0 Å². The van der Waals surface area contributed by atoms with Gasteiger partial charge in [-0.05, 0) is 25.3 Å². The van der Waals surface area contributed by atoms with Crippen molar-refractivity contribution in [1.82, 2.24) is 0 Å². The van der Waals surface area contributed by atoms with Crippen molar-refractivity contribution < 1.29 is 4.57 Å². The van der Waals surface area contributed by atoms with Gasteiger partial charge in [0.1, 0.15) is 6.54 Å². The fourth-order valence-corrected chi connectivity index (χ4v) is 3.40. The molecule has 0 aliphatic carbocycles. The number of rotatable bonds is 16. The predicted molar refractivity (Wildman–Crippen MR) is 106 cm³/mol. The van der Waals surface area contributed by atoms with Gasteiger partial charge in [0.05, 0.1) is 0 Å². The monoisotopic (exact) mass is 332 g/mol. The Labute approximate surface area is 151 Å². The first-order valence-corrected chi connectivity index (χ1v) is 10.8. The van der Waals surface area contributed by atoms with Crippen molar-refractivity contribution in [3.8, 4) is 0 Å². The van der Waals surface area contributed by atoms with Crippen LogP contribution in [0.2, 0.25) is 0 Å². The molecule has 0 fully saturated rings. The minimum absolute atomic E-state index is 1.18. The van der Waals surface area contributed by atoms with Crippen LogP contribution in [0.15, 0.2) is 24.5 Å². The average Bonchev–Trinajstić information content (AvgIpc) is 2.60. The van der Waals surface area contributed by atoms with Crippen molar-refractivity contribution in [2.75, 3.05) is 0 Å². The lowest BCUT2D eigenvalue weighted by molar-refractivity contribution is -0.697. The average molecular weight is 333 g/mol. The van der Waals surface area contributed by atoms with E-state index in [0.29, 0.717) is 0 Å². The predicted octanol–water partition coefficient (Wildman–Crippen LogP) is 7.02. The van der Waals surface area contributed by atoms with E-state index < -0.39 is 0 Å². The molecule has 0 atom stereocenters. The molecule has 0 amide bonds. The van der Waals surface area contributed by atoms with Gasteiger partial charge in [-0.15, -0.1) is 0 Å². The van der Waals surface area contributed by atoms with Crippen LogP contribution < -0.4 is 4.57 Å². The molecule has 138 valence electrons. The molecule has 0 bridgehead atoms. The highest BCUT2D eigenvalue weighted by molar-refractivity contribution is 5.05. The van der Waals surface area contributed by atoms with Crippen molar-refractivity contribution >= 4 is 0 Å². The highest BCUT2D eigenvalue weighted by Crippen LogP contribution is 2.12. The first-order valence-electron chi connectivity index (χ1n) is 10.8. The van der Waals surface area contributed by atoms with Gasteiger partial charge < -0.3 is 0 Å². The number of hydrogen-bond donors (Lipinski definition) is 0. The zero-order valence-electron chi connectivity index (χ0n) is 16.6. The summed E-state index contributed by atoms with van der Waals surface area (Å²) >= 11 is 0. The number of aryl methyl sites for hydroxylation is 2. The van der Waals surface area contributed by atoms with Crippen LogP contribution >= 0.6 is 0 Å². The van der Waals surface area contributed by atoms with Crippen molar-refractivity contribution in [2.24, 2.45) is 0 Å². The molecule has 0 N–H and O–H groups in total. The topological polar surface area (TPSA) is 3.88 Å². The van der Waals surface area contributed by atoms with Crippen LogP contribution in [-0.2, 0) is 13.0 Å². The van der Waals surface area contributed by atoms with Crippen molar-refractivity contribution in [2.45, 2.75) is 117 Å². The third kappa shape index (κ3) is 11.6. The number of nitrogens with zero attached hydrogens (tertiary/aromatic N) is 1. The van der Waals surface area contributed by atoms with Crippen molar-refractivity contribution in [3.63, 3.8) is 0 Å². The summed E-state index contributed by atoms with van der Waals surface area (Å²) in [6, 6.07) is 4.52. The van der Waals surface area contributed by atoms with E-state index >= 15 is 0 Å². The second-order valence-electron chi connectivity index (χ2n) is 7.44. The minimum Gasteiger partial charge on any atom is -0.205 e. The minimum atomic E-state index is 1.18. The Morgan fingerprint density at radius 1 is 0.667 bits per heavy atom. The highest BCUT2D eigenvalue weighted by atomic mass is 14.9. The van der Waals surface area contributed by atoms with E-state index in [1.807, 2.05) is 0 Å². The lowest BCUT2D eigenvalue weighted by atomic mass is 10.0. The molecule has 0 unspecified atom stereocenters. The van der Waals surface area contributed by atoms with Crippen LogP contribution in [0.3, 0.4) is 0 Å². The maximum Gasteiger partial charge on any atom is 0.171 e. The molecule has 0 aliphatic rings. The van der Waals surface area contributed by atoms with Gasteiger partial charge in [0.2, 0.25) is 0 Å². The zero-order valence-corrected chi connectivity index (χ0v) is 16.6. The lowest BCUT2D eigenvalue weighted by Gasteiger charge is -2.03. The van der Waals surface area contributed by atoms with Gasteiger partial charge in [0.25, 0.3) is 0 Å². The van der Waals surface area contributed by atoms with E-state index in [2.05, 4.69) is 42.9 Å². The summed E-state index contributed by atoms with van der Waals surface area (Å²) in [5.74, 6) is 0. The summed E-state index contributed by atoms with van der Waals surface area (Å²) in [5, 5.41) is 0. The summed E-state index contributed by atoms with van der Waals surface area (Å²) in [5.41, 5.74) is 1.52. The van der Waals surface area contributed by atoms with Gasteiger partial charge in [0.15, 0.2) is 12.4 Å². The molecule has 0 spiro atoms. The quantitative estimate of drug-likeness (QED) is 0.226. The molecule has 0 radical (unpaired) electrons. The summed E-state index contributed by atoms with van der Waals surface area (Å²) in [6.07, 6.45) is 25.5. The Bertz CT molecular complexity index is 385. The van der Waals surface area contributed by atoms with Crippen LogP contribution in [-0.4, -0.2) is 0 Å². The number of aromatic nitrogens is 1. The summed E-state index contributed by atoms with van der Waals surface area (Å²) in [7, 11) is 0. The Morgan fingerprint density at radius 3 is 1.83 bits per heavy atom. The van der Waals surface area contributed by atoms with E-state index in [0.717, 1.165) is 0 Å². The molecule has 1 heterocycles. The third-order valence-electron chi connectivity index (χ3n) is 5.01. The van der Waals surface area contributed by atoms with Gasteiger partial charge in [0, 0.05) is 18.1 Å². The van der Waals surface area contributed by atoms with E-state index in [4.69, 9.17) is 0 Å². The molecule has 0 aliphatic heterocycles. The third-order valence-corrected chi connectivity index (χ3v) is 5.01. The smallest absolute Gasteiger partial charge is 0.171 e. The van der Waals surface area contributed by atoms with Gasteiger partial charge in [-0.3, -0.25) is 0 Å². The van der Waals surface area contributed by atoms with E-state index in [1.54, 1.807) is 0 Å². The molecule has 0 saturated carbocycles. The number of hydrogen-bond acceptors (Lipinski definition) is 0. The zero-order chi connectivity index (χ0) is 17.3. The first-order chi connectivity index (χ1) is 11.9. The molecular weight excluding hydrogens is 290 g/mol. The molecule has 0 saturated heterocycles. The molecular formula is C23H42N+. The Balaban J connectivity index is 1.98. The molecule has 1 aromatic heterocycles. The molecule has 0 aromatic carbocycles. The molecule has 1 heteroatoms. The van der Waals surface area contributed by atoms with Crippen LogP contribution in [0.1, 0.15) is 109 Å². The van der Waals surface area contributed by atoms with Crippen LogP contribution in [0.5, 0.6) is 0 Å². The molecule has 24 heavy (non-hydrogen) atoms. The summed E-state index contributed by atoms with van der Waals surface area (Å²) in [4.78, 5) is 0. The Hall–Kier alpha value is -0.850.